The molecule has 3 fully saturated rings. The van der Waals surface area contributed by atoms with E-state index in [-0.39, 0.29) is 256 Å². The van der Waals surface area contributed by atoms with Gasteiger partial charge in [-0.05, 0) is 125 Å². The smallest absolute Gasteiger partial charge is 0.463 e. The van der Waals surface area contributed by atoms with Crippen LogP contribution in [0.15, 0.2) is 0 Å². The summed E-state index contributed by atoms with van der Waals surface area (Å²) in [5, 5.41) is 17.4. The summed E-state index contributed by atoms with van der Waals surface area (Å²) in [6.45, 7) is 22.3. The topological polar surface area (TPSA) is 461 Å². The predicted molar refractivity (Wildman–Crippen MR) is 457 cm³/mol. The van der Waals surface area contributed by atoms with Crippen LogP contribution in [0.25, 0.3) is 0 Å². The first-order valence-electron chi connectivity index (χ1n) is 45.3. The molecule has 3 heterocycles. The summed E-state index contributed by atoms with van der Waals surface area (Å²) in [4.78, 5) is 174. The molecule has 0 aromatic heterocycles. The molecule has 0 spiro atoms. The van der Waals surface area contributed by atoms with Crippen molar-refractivity contribution in [2.45, 2.75) is 331 Å². The van der Waals surface area contributed by atoms with Crippen LogP contribution in [0.1, 0.15) is 276 Å². The second-order valence-electron chi connectivity index (χ2n) is 33.7. The van der Waals surface area contributed by atoms with E-state index >= 15 is 0 Å². The number of hydrogen-bond acceptors (Lipinski definition) is 28. The minimum atomic E-state index is -4.06. The maximum Gasteiger partial charge on any atom is 0.471 e. The van der Waals surface area contributed by atoms with Crippen molar-refractivity contribution in [3.05, 3.63) is 0 Å². The van der Waals surface area contributed by atoms with E-state index in [0.29, 0.717) is 148 Å². The average molecular weight is 1790 g/mol. The Morgan fingerprint density at radius 2 is 0.661 bits per heavy atom. The summed E-state index contributed by atoms with van der Waals surface area (Å²) in [6, 6.07) is -0.855. The number of unbranched alkanes of at least 4 members (excludes halogenated alkanes) is 10. The minimum absolute atomic E-state index is 0.0220. The molecule has 0 aromatic rings. The summed E-state index contributed by atoms with van der Waals surface area (Å²) in [5.41, 5.74) is -1.43. The lowest BCUT2D eigenvalue weighted by Gasteiger charge is -2.44. The van der Waals surface area contributed by atoms with Gasteiger partial charge in [0.05, 0.1) is 76.6 Å². The number of carbonyl (C=O) groups is 13. The molecule has 0 bridgehead atoms. The minimum Gasteiger partial charge on any atom is -0.463 e. The van der Waals surface area contributed by atoms with E-state index in [1.807, 2.05) is 27.7 Å². The zero-order chi connectivity index (χ0) is 91.8. The molecule has 6 amide bonds. The Balaban J connectivity index is 1.60. The maximum absolute atomic E-state index is 14.0. The number of hydrogen-bond donors (Lipinski definition) is 7. The zero-order valence-electron chi connectivity index (χ0n) is 76.5. The van der Waals surface area contributed by atoms with E-state index in [9.17, 15) is 71.8 Å². The highest BCUT2D eigenvalue weighted by atomic mass is 31.2. The van der Waals surface area contributed by atoms with Crippen molar-refractivity contribution in [1.29, 1.82) is 0 Å². The molecule has 7 N–H and O–H groups in total. The summed E-state index contributed by atoms with van der Waals surface area (Å²) in [7, 11) is -2.98. The molecule has 3 aliphatic rings. The summed E-state index contributed by atoms with van der Waals surface area (Å²) in [6.07, 6.45) is 9.20. The molecule has 124 heavy (non-hydrogen) atoms. The van der Waals surface area contributed by atoms with E-state index in [1.165, 1.54) is 34.6 Å². The molecule has 0 aliphatic carbocycles. The monoisotopic (exact) mass is 1790 g/mol. The largest absolute Gasteiger partial charge is 0.471 e. The third-order valence-corrected chi connectivity index (χ3v) is 24.1. The molecule has 17 atom stereocenters. The molecule has 714 valence electrons. The van der Waals surface area contributed by atoms with Crippen LogP contribution >= 0.6 is 7.82 Å². The van der Waals surface area contributed by atoms with Crippen molar-refractivity contribution < 1.29 is 138 Å². The van der Waals surface area contributed by atoms with Gasteiger partial charge in [0.15, 0.2) is 18.9 Å². The lowest BCUT2D eigenvalue weighted by Crippen LogP contribution is -2.58. The second kappa shape index (κ2) is 64.4. The SMILES string of the molecule is COP(=O)(O)OCCCCCCNC(=O)CCCC(=O)NC(COCCC(=O)CCCCCC(=O)CCCCO[C@@H]1OC(COC(C)=O)[C@H](C)[C@H](C)C1C)(COCCC(=O)CCCCCC(=O)CCCCO[C@@H]1OC(COC(C)=O)[C@H](C)[C@H](C)C1NC(C)=O)COCCC(=O)NCCCNC(=O)CCCCO[C@@H]1OC(COC(C)=O)[C@H](C)[C@H](C)C1NC(C)=O. The summed E-state index contributed by atoms with van der Waals surface area (Å²) in [5.74, 6) is -2.48. The molecule has 3 saturated heterocycles. The first-order valence-corrected chi connectivity index (χ1v) is 46.7. The van der Waals surface area contributed by atoms with Crippen molar-refractivity contribution in [3.63, 3.8) is 0 Å². The second-order valence-corrected chi connectivity index (χ2v) is 35.2. The van der Waals surface area contributed by atoms with Gasteiger partial charge in [0, 0.05) is 164 Å². The highest BCUT2D eigenvalue weighted by molar-refractivity contribution is 7.47. The number of carbonyl (C=O) groups excluding carboxylic acids is 13. The van der Waals surface area contributed by atoms with Crippen molar-refractivity contribution in [2.75, 3.05) is 113 Å². The lowest BCUT2D eigenvalue weighted by atomic mass is 9.79. The standard InChI is InChI=1S/C88H153N6O29P/c1-60-61(2)76(54-117-69(10)97)121-85(66(60)7)114-47-27-22-36-72(100)32-18-16-20-34-74(102)41-51-111-57-88(94-82(107)40-30-39-80(105)89-44-25-14-15-26-50-120-124(108,109)110-13,58-112-52-42-75(103)35-21-17-19-33-73(101)37-23-28-48-115-86-83(92-67(8)95)64(5)62(3)77(122-86)55-118-70(11)98)59-113-53-43-81(106)91-46-31-45-90-79(104)38-24-29-49-116-87-84(93-68(9)96)65(6)63(4)78(123-87)56-119-71(12)99/h60-66,76-78,83-87H,14-59H2,1-13H3,(H,89,105)(H,90,104)(H,91,106)(H,92,95)(H,93,96)(H,94,107)(H,108,109)/t60-,61+,62+,63+,64-,65-,66?,76?,77?,78?,83?,84?,85+,86+,87+,88?/m0/s1. The van der Waals surface area contributed by atoms with E-state index in [2.05, 4.69) is 57.2 Å². The Labute approximate surface area is 735 Å². The molecule has 3 aliphatic heterocycles. The third-order valence-electron chi connectivity index (χ3n) is 23.2. The number of ketones is 4. The van der Waals surface area contributed by atoms with Crippen LogP contribution in [-0.2, 0) is 133 Å². The van der Waals surface area contributed by atoms with Crippen molar-refractivity contribution in [1.82, 2.24) is 31.9 Å². The van der Waals surface area contributed by atoms with Gasteiger partial charge in [-0.1, -0.05) is 74.1 Å². The number of Topliss-reactive ketones (excluding diaryl/α,β-unsaturated/α-hetero) is 4. The van der Waals surface area contributed by atoms with Crippen molar-refractivity contribution in [3.8, 4) is 0 Å². The maximum atomic E-state index is 14.0. The Morgan fingerprint density at radius 3 is 1.07 bits per heavy atom. The van der Waals surface area contributed by atoms with Gasteiger partial charge in [-0.15, -0.1) is 0 Å². The predicted octanol–water partition coefficient (Wildman–Crippen LogP) is 9.36. The molecule has 35 nitrogen and oxygen atoms in total. The number of phosphoric ester groups is 1. The zero-order valence-corrected chi connectivity index (χ0v) is 77.4. The fourth-order valence-corrected chi connectivity index (χ4v) is 15.2. The molecule has 0 radical (unpaired) electrons. The number of rotatable bonds is 71. The van der Waals surface area contributed by atoms with Crippen molar-refractivity contribution >= 4 is 84.3 Å². The molecule has 0 saturated carbocycles. The number of amides is 6. The number of esters is 3. The Hall–Kier alpha value is -6.34. The quantitative estimate of drug-likeness (QED) is 0.0129. The summed E-state index contributed by atoms with van der Waals surface area (Å²) >= 11 is 0. The molecular formula is C88H153N6O29P. The molecular weight excluding hydrogens is 1640 g/mol. The molecule has 36 heteroatoms. The van der Waals surface area contributed by atoms with Gasteiger partial charge < -0.3 is 93.6 Å². The average Bonchev–Trinajstić information content (AvgIpc) is 0.822. The van der Waals surface area contributed by atoms with Gasteiger partial charge in [-0.25, -0.2) is 4.57 Å². The third kappa shape index (κ3) is 49.8. The van der Waals surface area contributed by atoms with Gasteiger partial charge in [0.2, 0.25) is 35.4 Å². The van der Waals surface area contributed by atoms with Crippen LogP contribution < -0.4 is 31.9 Å². The van der Waals surface area contributed by atoms with Gasteiger partial charge in [-0.3, -0.25) is 71.4 Å². The van der Waals surface area contributed by atoms with Gasteiger partial charge in [-0.2, -0.15) is 0 Å². The first-order chi connectivity index (χ1) is 59.1. The normalized spacial score (nSPS) is 23.5. The van der Waals surface area contributed by atoms with E-state index in [1.54, 1.807) is 0 Å². The van der Waals surface area contributed by atoms with Gasteiger partial charge in [0.25, 0.3) is 0 Å². The van der Waals surface area contributed by atoms with Crippen LogP contribution in [0.4, 0.5) is 0 Å². The number of nitrogens with one attached hydrogen (secondary N) is 6. The van der Waals surface area contributed by atoms with E-state index in [0.717, 1.165) is 7.11 Å². The van der Waals surface area contributed by atoms with Gasteiger partial charge >= 0.3 is 25.7 Å². The van der Waals surface area contributed by atoms with Crippen LogP contribution in [0, 0.1) is 41.4 Å². The molecule has 0 aromatic carbocycles. The fraction of sp³-hybridized carbons (Fsp3) is 0.852. The lowest BCUT2D eigenvalue weighted by molar-refractivity contribution is -0.255. The van der Waals surface area contributed by atoms with E-state index < -0.39 is 74.4 Å². The van der Waals surface area contributed by atoms with Crippen molar-refractivity contribution in [2.24, 2.45) is 41.4 Å². The number of phosphoric acid groups is 1. The van der Waals surface area contributed by atoms with Crippen LogP contribution in [-0.4, -0.2) is 249 Å². The summed E-state index contributed by atoms with van der Waals surface area (Å²) < 4.78 is 91.9. The van der Waals surface area contributed by atoms with Crippen LogP contribution in [0.3, 0.4) is 0 Å². The fourth-order valence-electron chi connectivity index (χ4n) is 14.8. The molecule has 3 rings (SSSR count). The Bertz CT molecular complexity index is 3110. The van der Waals surface area contributed by atoms with Crippen LogP contribution in [0.2, 0.25) is 0 Å². The van der Waals surface area contributed by atoms with E-state index in [4.69, 9.17) is 61.4 Å². The highest BCUT2D eigenvalue weighted by Crippen LogP contribution is 2.42. The Morgan fingerprint density at radius 1 is 0.339 bits per heavy atom. The Kier molecular flexibility index (Phi) is 58.1. The van der Waals surface area contributed by atoms with Gasteiger partial charge in [0.1, 0.15) is 48.5 Å². The highest BCUT2D eigenvalue weighted by Gasteiger charge is 2.46. The first kappa shape index (κ1) is 112. The number of ether oxygens (including phenoxy) is 12. The molecule has 8 unspecified atom stereocenters. The van der Waals surface area contributed by atoms with Crippen LogP contribution in [0.5, 0.6) is 0 Å².